The number of hydrogen-bond acceptors (Lipinski definition) is 3. The zero-order valence-electron chi connectivity index (χ0n) is 11.1. The fourth-order valence-electron chi connectivity index (χ4n) is 2.70. The number of anilines is 1. The normalized spacial score (nSPS) is 26.2. The van der Waals surface area contributed by atoms with Crippen LogP contribution in [-0.2, 0) is 0 Å². The highest BCUT2D eigenvalue weighted by Crippen LogP contribution is 2.30. The lowest BCUT2D eigenvalue weighted by molar-refractivity contribution is 0.620. The molecule has 17 heavy (non-hydrogen) atoms. The summed E-state index contributed by atoms with van der Waals surface area (Å²) in [7, 11) is 0. The van der Waals surface area contributed by atoms with Crippen LogP contribution in [0.5, 0.6) is 0 Å². The third-order valence-corrected chi connectivity index (χ3v) is 3.82. The monoisotopic (exact) mass is 233 g/mol. The van der Waals surface area contributed by atoms with Crippen LogP contribution in [0.4, 0.5) is 5.82 Å². The Bertz CT molecular complexity index is 358. The summed E-state index contributed by atoms with van der Waals surface area (Å²) in [6, 6.07) is 5.54. The minimum Gasteiger partial charge on any atom is -0.351 e. The molecule has 1 saturated heterocycles. The summed E-state index contributed by atoms with van der Waals surface area (Å²) in [5.41, 5.74) is 6.95. The van der Waals surface area contributed by atoms with E-state index in [1.54, 1.807) is 0 Å². The van der Waals surface area contributed by atoms with Gasteiger partial charge in [-0.2, -0.15) is 0 Å². The Morgan fingerprint density at radius 1 is 1.47 bits per heavy atom. The molecule has 0 aromatic carbocycles. The zero-order chi connectivity index (χ0) is 12.4. The van der Waals surface area contributed by atoms with E-state index in [0.717, 1.165) is 11.4 Å². The van der Waals surface area contributed by atoms with Gasteiger partial charge in [0.05, 0.1) is 0 Å². The van der Waals surface area contributed by atoms with Crippen LogP contribution in [0, 0.1) is 0 Å². The van der Waals surface area contributed by atoms with Crippen LogP contribution in [-0.4, -0.2) is 17.1 Å². The summed E-state index contributed by atoms with van der Waals surface area (Å²) >= 11 is 0. The number of rotatable bonds is 3. The Hall–Kier alpha value is -1.09. The maximum Gasteiger partial charge on any atom is 0.128 e. The first-order valence-corrected chi connectivity index (χ1v) is 6.63. The van der Waals surface area contributed by atoms with Crippen LogP contribution >= 0.6 is 0 Å². The molecule has 2 heterocycles. The van der Waals surface area contributed by atoms with Crippen LogP contribution in [0.15, 0.2) is 18.3 Å². The summed E-state index contributed by atoms with van der Waals surface area (Å²) in [6.07, 6.45) is 5.67. The zero-order valence-corrected chi connectivity index (χ0v) is 11.1. The van der Waals surface area contributed by atoms with E-state index in [2.05, 4.69) is 35.9 Å². The van der Waals surface area contributed by atoms with Crippen molar-refractivity contribution in [3.05, 3.63) is 23.9 Å². The fourth-order valence-corrected chi connectivity index (χ4v) is 2.70. The van der Waals surface area contributed by atoms with Crippen molar-refractivity contribution in [3.8, 4) is 0 Å². The summed E-state index contributed by atoms with van der Waals surface area (Å²) in [4.78, 5) is 7.04. The second kappa shape index (κ2) is 5.05. The quantitative estimate of drug-likeness (QED) is 0.873. The number of pyridine rings is 1. The highest BCUT2D eigenvalue weighted by molar-refractivity contribution is 5.43. The van der Waals surface area contributed by atoms with Crippen LogP contribution in [0.2, 0.25) is 0 Å². The molecular weight excluding hydrogens is 210 g/mol. The van der Waals surface area contributed by atoms with Gasteiger partial charge in [0.1, 0.15) is 5.82 Å². The molecule has 0 saturated carbocycles. The third-order valence-electron chi connectivity index (χ3n) is 3.82. The van der Waals surface area contributed by atoms with Crippen molar-refractivity contribution in [1.29, 1.82) is 0 Å². The van der Waals surface area contributed by atoms with Gasteiger partial charge in [-0.05, 0) is 44.7 Å². The lowest BCUT2D eigenvalue weighted by Gasteiger charge is -2.29. The molecule has 0 bridgehead atoms. The van der Waals surface area contributed by atoms with Crippen LogP contribution in [0.25, 0.3) is 0 Å². The molecule has 1 aliphatic heterocycles. The first kappa shape index (κ1) is 12.4. The smallest absolute Gasteiger partial charge is 0.128 e. The van der Waals surface area contributed by atoms with E-state index in [-0.39, 0.29) is 6.04 Å². The van der Waals surface area contributed by atoms with Crippen molar-refractivity contribution in [2.75, 3.05) is 4.90 Å². The van der Waals surface area contributed by atoms with E-state index >= 15 is 0 Å². The van der Waals surface area contributed by atoms with Gasteiger partial charge < -0.3 is 10.6 Å². The van der Waals surface area contributed by atoms with Gasteiger partial charge in [-0.15, -0.1) is 0 Å². The van der Waals surface area contributed by atoms with E-state index in [4.69, 9.17) is 5.73 Å². The number of nitrogens with zero attached hydrogens (tertiary/aromatic N) is 2. The molecule has 2 rings (SSSR count). The molecule has 0 radical (unpaired) electrons. The minimum absolute atomic E-state index is 0.0644. The number of aromatic nitrogens is 1. The molecule has 2 unspecified atom stereocenters. The van der Waals surface area contributed by atoms with Gasteiger partial charge in [0, 0.05) is 24.3 Å². The molecule has 0 aliphatic carbocycles. The Morgan fingerprint density at radius 2 is 2.24 bits per heavy atom. The topological polar surface area (TPSA) is 42.1 Å². The molecule has 1 fully saturated rings. The average molecular weight is 233 g/mol. The van der Waals surface area contributed by atoms with Gasteiger partial charge in [-0.25, -0.2) is 4.98 Å². The Morgan fingerprint density at radius 3 is 2.76 bits per heavy atom. The van der Waals surface area contributed by atoms with E-state index in [9.17, 15) is 0 Å². The molecule has 2 N–H and O–H groups in total. The first-order chi connectivity index (χ1) is 8.13. The highest BCUT2D eigenvalue weighted by Gasteiger charge is 2.29. The maximum atomic E-state index is 5.84. The molecule has 0 spiro atoms. The molecule has 1 aromatic heterocycles. The summed E-state index contributed by atoms with van der Waals surface area (Å²) in [6.45, 7) is 6.53. The number of hydrogen-bond donors (Lipinski definition) is 1. The molecule has 3 nitrogen and oxygen atoms in total. The molecule has 94 valence electrons. The molecular formula is C14H23N3. The fraction of sp³-hybridized carbons (Fsp3) is 0.643. The van der Waals surface area contributed by atoms with Gasteiger partial charge in [0.2, 0.25) is 0 Å². The molecule has 1 aliphatic rings. The predicted octanol–water partition coefficient (Wildman–Crippen LogP) is 2.87. The Kier molecular flexibility index (Phi) is 3.67. The summed E-state index contributed by atoms with van der Waals surface area (Å²) in [5.74, 6) is 1.10. The Balaban J connectivity index is 2.21. The Labute approximate surface area is 104 Å². The van der Waals surface area contributed by atoms with Crippen LogP contribution in [0.1, 0.15) is 51.6 Å². The molecule has 3 heteroatoms. The molecule has 1 aromatic rings. The summed E-state index contributed by atoms with van der Waals surface area (Å²) in [5, 5.41) is 0. The second-order valence-corrected chi connectivity index (χ2v) is 5.13. The van der Waals surface area contributed by atoms with E-state index in [1.165, 1.54) is 19.3 Å². The van der Waals surface area contributed by atoms with Gasteiger partial charge in [-0.3, -0.25) is 0 Å². The van der Waals surface area contributed by atoms with Gasteiger partial charge in [-0.1, -0.05) is 13.0 Å². The highest BCUT2D eigenvalue weighted by atomic mass is 15.2. The third kappa shape index (κ3) is 2.44. The van der Waals surface area contributed by atoms with Crippen molar-refractivity contribution in [2.45, 2.75) is 58.2 Å². The van der Waals surface area contributed by atoms with Crippen molar-refractivity contribution in [2.24, 2.45) is 5.73 Å². The minimum atomic E-state index is 0.0644. The molecule has 0 amide bonds. The van der Waals surface area contributed by atoms with E-state index in [1.807, 2.05) is 13.1 Å². The predicted molar refractivity (Wildman–Crippen MR) is 72.1 cm³/mol. The van der Waals surface area contributed by atoms with Crippen molar-refractivity contribution in [3.63, 3.8) is 0 Å². The van der Waals surface area contributed by atoms with Gasteiger partial charge in [0.15, 0.2) is 0 Å². The van der Waals surface area contributed by atoms with Gasteiger partial charge in [0.25, 0.3) is 0 Å². The summed E-state index contributed by atoms with van der Waals surface area (Å²) < 4.78 is 0. The standard InChI is InChI=1S/C14H23N3/c1-4-13-7-5-10(2)17(13)14-8-6-12(9-16-14)11(3)15/h6,8-11,13H,4-5,7,15H2,1-3H3/t10?,11-,13?/m1/s1. The first-order valence-electron chi connectivity index (χ1n) is 6.63. The van der Waals surface area contributed by atoms with E-state index in [0.29, 0.717) is 12.1 Å². The second-order valence-electron chi connectivity index (χ2n) is 5.13. The van der Waals surface area contributed by atoms with Crippen LogP contribution < -0.4 is 10.6 Å². The SMILES string of the molecule is CCC1CCC(C)N1c1ccc([C@@H](C)N)cn1. The van der Waals surface area contributed by atoms with Crippen LogP contribution in [0.3, 0.4) is 0 Å². The average Bonchev–Trinajstić information content (AvgIpc) is 2.70. The maximum absolute atomic E-state index is 5.84. The van der Waals surface area contributed by atoms with Crippen molar-refractivity contribution in [1.82, 2.24) is 4.98 Å². The van der Waals surface area contributed by atoms with Crippen molar-refractivity contribution < 1.29 is 0 Å². The number of nitrogens with two attached hydrogens (primary N) is 1. The lowest BCUT2D eigenvalue weighted by Crippen LogP contribution is -2.34. The molecule has 3 atom stereocenters. The largest absolute Gasteiger partial charge is 0.351 e. The van der Waals surface area contributed by atoms with Gasteiger partial charge >= 0.3 is 0 Å². The van der Waals surface area contributed by atoms with E-state index < -0.39 is 0 Å². The lowest BCUT2D eigenvalue weighted by atomic mass is 10.1. The van der Waals surface area contributed by atoms with Crippen molar-refractivity contribution >= 4 is 5.82 Å².